The van der Waals surface area contributed by atoms with Crippen molar-refractivity contribution < 1.29 is 24.2 Å². The van der Waals surface area contributed by atoms with E-state index in [0.717, 1.165) is 0 Å². The molecule has 0 aliphatic rings. The summed E-state index contributed by atoms with van der Waals surface area (Å²) >= 11 is 5.81. The van der Waals surface area contributed by atoms with Crippen LogP contribution >= 0.6 is 11.6 Å². The van der Waals surface area contributed by atoms with Crippen LogP contribution in [0.3, 0.4) is 0 Å². The standard InChI is InChI=1S/C14H18ClNO5/c1-20-12(8-14(18)19)9-16-13(17)5-6-21-11-4-2-3-10(15)7-11/h2-4,7,12H,5-6,8-9H2,1H3,(H,16,17)(H,18,19). The number of aliphatic carboxylic acids is 1. The second-order valence-corrected chi connectivity index (χ2v) is 4.75. The van der Waals surface area contributed by atoms with Crippen LogP contribution in [0.15, 0.2) is 24.3 Å². The first-order valence-corrected chi connectivity index (χ1v) is 6.78. The van der Waals surface area contributed by atoms with E-state index in [1.165, 1.54) is 7.11 Å². The fourth-order valence-corrected chi connectivity index (χ4v) is 1.75. The fraction of sp³-hybridized carbons (Fsp3) is 0.429. The second kappa shape index (κ2) is 9.20. The highest BCUT2D eigenvalue weighted by molar-refractivity contribution is 6.30. The van der Waals surface area contributed by atoms with Gasteiger partial charge in [0, 0.05) is 18.7 Å². The Kier molecular flexibility index (Phi) is 7.56. The van der Waals surface area contributed by atoms with Gasteiger partial charge in [0.05, 0.1) is 25.6 Å². The first-order valence-electron chi connectivity index (χ1n) is 6.41. The van der Waals surface area contributed by atoms with Gasteiger partial charge < -0.3 is 19.9 Å². The maximum Gasteiger partial charge on any atom is 0.306 e. The van der Waals surface area contributed by atoms with Crippen molar-refractivity contribution in [1.82, 2.24) is 5.32 Å². The van der Waals surface area contributed by atoms with E-state index in [9.17, 15) is 9.59 Å². The van der Waals surface area contributed by atoms with E-state index in [0.29, 0.717) is 10.8 Å². The lowest BCUT2D eigenvalue weighted by Gasteiger charge is -2.14. The summed E-state index contributed by atoms with van der Waals surface area (Å²) in [5.41, 5.74) is 0. The minimum Gasteiger partial charge on any atom is -0.493 e. The minimum atomic E-state index is -0.972. The van der Waals surface area contributed by atoms with Crippen LogP contribution in [0.2, 0.25) is 5.02 Å². The van der Waals surface area contributed by atoms with E-state index < -0.39 is 12.1 Å². The van der Waals surface area contributed by atoms with Crippen LogP contribution < -0.4 is 10.1 Å². The Balaban J connectivity index is 2.23. The number of nitrogens with one attached hydrogen (secondary N) is 1. The third-order valence-electron chi connectivity index (χ3n) is 2.66. The molecule has 0 heterocycles. The molecule has 6 nitrogen and oxygen atoms in total. The zero-order valence-corrected chi connectivity index (χ0v) is 12.4. The molecule has 1 amide bonds. The quantitative estimate of drug-likeness (QED) is 0.724. The smallest absolute Gasteiger partial charge is 0.306 e. The summed E-state index contributed by atoms with van der Waals surface area (Å²) in [6.07, 6.45) is -0.536. The van der Waals surface area contributed by atoms with Crippen LogP contribution in [0.1, 0.15) is 12.8 Å². The SMILES string of the molecule is COC(CNC(=O)CCOc1cccc(Cl)c1)CC(=O)O. The number of carbonyl (C=O) groups is 2. The van der Waals surface area contributed by atoms with Gasteiger partial charge in [-0.05, 0) is 18.2 Å². The van der Waals surface area contributed by atoms with Gasteiger partial charge in [0.15, 0.2) is 0 Å². The van der Waals surface area contributed by atoms with Gasteiger partial charge in [-0.3, -0.25) is 9.59 Å². The number of amides is 1. The van der Waals surface area contributed by atoms with Gasteiger partial charge in [0.1, 0.15) is 5.75 Å². The van der Waals surface area contributed by atoms with Crippen LogP contribution in [0.4, 0.5) is 0 Å². The zero-order valence-electron chi connectivity index (χ0n) is 11.7. The Bertz CT molecular complexity index is 480. The number of rotatable bonds is 9. The Hall–Kier alpha value is -1.79. The number of methoxy groups -OCH3 is 1. The maximum absolute atomic E-state index is 11.6. The molecule has 0 saturated heterocycles. The van der Waals surface area contributed by atoms with Gasteiger partial charge in [-0.15, -0.1) is 0 Å². The Morgan fingerprint density at radius 3 is 2.81 bits per heavy atom. The summed E-state index contributed by atoms with van der Waals surface area (Å²) in [6, 6.07) is 6.89. The average molecular weight is 316 g/mol. The van der Waals surface area contributed by atoms with E-state index >= 15 is 0 Å². The molecular weight excluding hydrogens is 298 g/mol. The van der Waals surface area contributed by atoms with Crippen molar-refractivity contribution in [1.29, 1.82) is 0 Å². The molecule has 1 aromatic carbocycles. The van der Waals surface area contributed by atoms with Gasteiger partial charge >= 0.3 is 5.97 Å². The number of hydrogen-bond acceptors (Lipinski definition) is 4. The van der Waals surface area contributed by atoms with E-state index in [2.05, 4.69) is 5.32 Å². The number of benzene rings is 1. The number of carbonyl (C=O) groups excluding carboxylic acids is 1. The Morgan fingerprint density at radius 2 is 2.19 bits per heavy atom. The average Bonchev–Trinajstić information content (AvgIpc) is 2.43. The summed E-state index contributed by atoms with van der Waals surface area (Å²) < 4.78 is 10.3. The first kappa shape index (κ1) is 17.3. The van der Waals surface area contributed by atoms with Crippen LogP contribution in [-0.2, 0) is 14.3 Å². The largest absolute Gasteiger partial charge is 0.493 e. The van der Waals surface area contributed by atoms with Crippen molar-refractivity contribution in [3.63, 3.8) is 0 Å². The monoisotopic (exact) mass is 315 g/mol. The molecule has 0 aromatic heterocycles. The molecule has 0 radical (unpaired) electrons. The second-order valence-electron chi connectivity index (χ2n) is 4.32. The van der Waals surface area contributed by atoms with Crippen molar-refractivity contribution in [3.05, 3.63) is 29.3 Å². The minimum absolute atomic E-state index is 0.152. The lowest BCUT2D eigenvalue weighted by Crippen LogP contribution is -2.35. The molecule has 0 aliphatic heterocycles. The number of hydrogen-bond donors (Lipinski definition) is 2. The van der Waals surface area contributed by atoms with Crippen LogP contribution in [0, 0.1) is 0 Å². The van der Waals surface area contributed by atoms with E-state index in [1.54, 1.807) is 24.3 Å². The number of ether oxygens (including phenoxy) is 2. The van der Waals surface area contributed by atoms with Crippen molar-refractivity contribution in [3.8, 4) is 5.75 Å². The van der Waals surface area contributed by atoms with Crippen molar-refractivity contribution in [2.24, 2.45) is 0 Å². The molecule has 1 unspecified atom stereocenters. The molecule has 0 spiro atoms. The summed E-state index contributed by atoms with van der Waals surface area (Å²) in [5.74, 6) is -0.610. The molecule has 2 N–H and O–H groups in total. The summed E-state index contributed by atoms with van der Waals surface area (Å²) in [4.78, 5) is 22.1. The summed E-state index contributed by atoms with van der Waals surface area (Å²) in [5, 5.41) is 11.8. The maximum atomic E-state index is 11.6. The van der Waals surface area contributed by atoms with Gasteiger partial charge in [-0.25, -0.2) is 0 Å². The lowest BCUT2D eigenvalue weighted by atomic mass is 10.2. The molecule has 1 atom stereocenters. The fourth-order valence-electron chi connectivity index (χ4n) is 1.57. The van der Waals surface area contributed by atoms with E-state index in [-0.39, 0.29) is 31.9 Å². The molecule has 0 fully saturated rings. The van der Waals surface area contributed by atoms with Crippen molar-refractivity contribution in [2.75, 3.05) is 20.3 Å². The predicted octanol–water partition coefficient (Wildman–Crippen LogP) is 1.71. The molecule has 0 bridgehead atoms. The van der Waals surface area contributed by atoms with Gasteiger partial charge in [0.25, 0.3) is 0 Å². The highest BCUT2D eigenvalue weighted by Gasteiger charge is 2.13. The topological polar surface area (TPSA) is 84.9 Å². The van der Waals surface area contributed by atoms with Gasteiger partial charge in [-0.1, -0.05) is 17.7 Å². The Labute approximate surface area is 128 Å². The van der Waals surface area contributed by atoms with Gasteiger partial charge in [0.2, 0.25) is 5.91 Å². The lowest BCUT2D eigenvalue weighted by molar-refractivity contribution is -0.140. The van der Waals surface area contributed by atoms with Crippen LogP contribution in [-0.4, -0.2) is 43.3 Å². The Morgan fingerprint density at radius 1 is 1.43 bits per heavy atom. The third-order valence-corrected chi connectivity index (χ3v) is 2.89. The number of carboxylic acids is 1. The molecule has 116 valence electrons. The molecule has 1 rings (SSSR count). The molecule has 7 heteroatoms. The van der Waals surface area contributed by atoms with E-state index in [4.69, 9.17) is 26.2 Å². The summed E-state index contributed by atoms with van der Waals surface area (Å²) in [7, 11) is 1.40. The van der Waals surface area contributed by atoms with Crippen molar-refractivity contribution >= 4 is 23.5 Å². The normalized spacial score (nSPS) is 11.7. The third kappa shape index (κ3) is 7.53. The van der Waals surface area contributed by atoms with Crippen LogP contribution in [0.5, 0.6) is 5.75 Å². The first-order chi connectivity index (χ1) is 10.0. The zero-order chi connectivity index (χ0) is 15.7. The van der Waals surface area contributed by atoms with Crippen molar-refractivity contribution in [2.45, 2.75) is 18.9 Å². The molecule has 0 saturated carbocycles. The number of halogens is 1. The van der Waals surface area contributed by atoms with E-state index in [1.807, 2.05) is 0 Å². The highest BCUT2D eigenvalue weighted by Crippen LogP contribution is 2.17. The molecule has 21 heavy (non-hydrogen) atoms. The molecular formula is C14H18ClNO5. The molecule has 0 aliphatic carbocycles. The van der Waals surface area contributed by atoms with Gasteiger partial charge in [-0.2, -0.15) is 0 Å². The highest BCUT2D eigenvalue weighted by atomic mass is 35.5. The van der Waals surface area contributed by atoms with Crippen LogP contribution in [0.25, 0.3) is 0 Å². The number of carboxylic acid groups (broad SMARTS) is 1. The predicted molar refractivity (Wildman–Crippen MR) is 77.6 cm³/mol. The molecule has 1 aromatic rings. The summed E-state index contributed by atoms with van der Waals surface area (Å²) in [6.45, 7) is 0.363.